The van der Waals surface area contributed by atoms with Gasteiger partial charge in [0.1, 0.15) is 5.82 Å². The van der Waals surface area contributed by atoms with Gasteiger partial charge in [0, 0.05) is 24.4 Å². The molecule has 0 atom stereocenters. The Morgan fingerprint density at radius 3 is 2.44 bits per heavy atom. The van der Waals surface area contributed by atoms with Crippen LogP contribution in [0.15, 0.2) is 65.5 Å². The van der Waals surface area contributed by atoms with Crippen molar-refractivity contribution in [3.05, 3.63) is 93.5 Å². The molecule has 4 aromatic rings. The Morgan fingerprint density at radius 1 is 1.00 bits per heavy atom. The molecule has 2 aromatic carbocycles. The van der Waals surface area contributed by atoms with Crippen molar-refractivity contribution >= 4 is 34.1 Å². The molecule has 174 valence electrons. The Balaban J connectivity index is 1.81. The highest BCUT2D eigenvalue weighted by Gasteiger charge is 2.32. The zero-order valence-electron chi connectivity index (χ0n) is 18.0. The highest BCUT2D eigenvalue weighted by molar-refractivity contribution is 6.07. The fraction of sp³-hybridized carbons (Fsp3) is 0.125. The van der Waals surface area contributed by atoms with Crippen LogP contribution in [0.25, 0.3) is 11.0 Å². The zero-order valence-corrected chi connectivity index (χ0v) is 18.0. The number of hydrogen-bond acceptors (Lipinski definition) is 4. The Bertz CT molecular complexity index is 1480. The predicted molar refractivity (Wildman–Crippen MR) is 121 cm³/mol. The van der Waals surface area contributed by atoms with E-state index >= 15 is 0 Å². The van der Waals surface area contributed by atoms with Crippen LogP contribution < -0.4 is 16.2 Å². The van der Waals surface area contributed by atoms with E-state index in [2.05, 4.69) is 15.6 Å². The molecule has 2 heterocycles. The number of nitrogens with zero attached hydrogens (tertiary/aromatic N) is 2. The molecule has 0 aliphatic heterocycles. The van der Waals surface area contributed by atoms with Gasteiger partial charge in [-0.3, -0.25) is 9.59 Å². The molecule has 0 radical (unpaired) electrons. The van der Waals surface area contributed by atoms with Crippen molar-refractivity contribution in [3.8, 4) is 0 Å². The van der Waals surface area contributed by atoms with Crippen molar-refractivity contribution in [1.29, 1.82) is 0 Å². The molecule has 2 N–H and O–H groups in total. The number of halogens is 4. The molecule has 0 spiro atoms. The average Bonchev–Trinajstić information content (AvgIpc) is 2.77. The Labute approximate surface area is 190 Å². The summed E-state index contributed by atoms with van der Waals surface area (Å²) in [6, 6.07) is 13.2. The van der Waals surface area contributed by atoms with Crippen LogP contribution in [0.5, 0.6) is 0 Å². The third kappa shape index (κ3) is 4.61. The third-order valence-corrected chi connectivity index (χ3v) is 5.24. The Morgan fingerprint density at radius 2 is 1.74 bits per heavy atom. The lowest BCUT2D eigenvalue weighted by Gasteiger charge is -2.16. The maximum atomic E-state index is 13.8. The van der Waals surface area contributed by atoms with E-state index < -0.39 is 29.0 Å². The second-order valence-corrected chi connectivity index (χ2v) is 7.64. The number of aryl methyl sites for hydroxylation is 2. The van der Waals surface area contributed by atoms with Crippen molar-refractivity contribution in [2.75, 3.05) is 10.6 Å². The first kappa shape index (κ1) is 23.0. The standard InChI is InChI=1S/C24H18F4N4O2/c1-13-5-3-4-6-17(13)29-22-19(12-20-18(30-22)7-8-21(33)32(20)2)31-23(34)14-9-15(24(26,27)28)11-16(25)10-14/h3-12H,1-2H3,(H,29,30)(H,31,34). The number of nitrogens with one attached hydrogen (secondary N) is 2. The fourth-order valence-corrected chi connectivity index (χ4v) is 3.40. The summed E-state index contributed by atoms with van der Waals surface area (Å²) in [5, 5.41) is 5.60. The van der Waals surface area contributed by atoms with Crippen molar-refractivity contribution in [1.82, 2.24) is 9.55 Å². The lowest BCUT2D eigenvalue weighted by atomic mass is 10.1. The molecule has 0 saturated carbocycles. The molecular weight excluding hydrogens is 452 g/mol. The molecule has 0 saturated heterocycles. The minimum atomic E-state index is -4.82. The van der Waals surface area contributed by atoms with Gasteiger partial charge in [-0.05, 0) is 48.9 Å². The van der Waals surface area contributed by atoms with Gasteiger partial charge in [-0.15, -0.1) is 0 Å². The summed E-state index contributed by atoms with van der Waals surface area (Å²) in [7, 11) is 1.52. The van der Waals surface area contributed by atoms with Gasteiger partial charge in [0.2, 0.25) is 0 Å². The number of amides is 1. The van der Waals surface area contributed by atoms with E-state index in [0.717, 1.165) is 5.56 Å². The second-order valence-electron chi connectivity index (χ2n) is 7.64. The molecule has 10 heteroatoms. The number of anilines is 3. The van der Waals surface area contributed by atoms with Crippen LogP contribution in [0.3, 0.4) is 0 Å². The first-order valence-corrected chi connectivity index (χ1v) is 10.1. The molecule has 4 rings (SSSR count). The summed E-state index contributed by atoms with van der Waals surface area (Å²) in [4.78, 5) is 29.4. The zero-order chi connectivity index (χ0) is 24.6. The number of alkyl halides is 3. The van der Waals surface area contributed by atoms with Crippen molar-refractivity contribution in [2.45, 2.75) is 13.1 Å². The summed E-state index contributed by atoms with van der Waals surface area (Å²) in [6.07, 6.45) is -4.82. The topological polar surface area (TPSA) is 76.0 Å². The number of pyridine rings is 2. The van der Waals surface area contributed by atoms with Crippen LogP contribution in [0.1, 0.15) is 21.5 Å². The number of para-hydroxylation sites is 1. The molecule has 1 amide bonds. The Hall–Kier alpha value is -4.21. The number of rotatable bonds is 4. The van der Waals surface area contributed by atoms with Gasteiger partial charge in [0.25, 0.3) is 11.5 Å². The third-order valence-electron chi connectivity index (χ3n) is 5.24. The predicted octanol–water partition coefficient (Wildman–Crippen LogP) is 5.40. The number of fused-ring (bicyclic) bond motifs is 1. The van der Waals surface area contributed by atoms with E-state index in [1.165, 1.54) is 29.8 Å². The molecule has 0 fully saturated rings. The molecule has 0 aliphatic rings. The van der Waals surface area contributed by atoms with Crippen LogP contribution in [0, 0.1) is 12.7 Å². The SMILES string of the molecule is Cc1ccccc1Nc1nc2ccc(=O)n(C)c2cc1NC(=O)c1cc(F)cc(C(F)(F)F)c1. The van der Waals surface area contributed by atoms with Gasteiger partial charge in [-0.1, -0.05) is 18.2 Å². The summed E-state index contributed by atoms with van der Waals surface area (Å²) >= 11 is 0. The van der Waals surface area contributed by atoms with Gasteiger partial charge in [0.15, 0.2) is 5.82 Å². The highest BCUT2D eigenvalue weighted by Crippen LogP contribution is 2.32. The number of carbonyl (C=O) groups excluding carboxylic acids is 1. The van der Waals surface area contributed by atoms with E-state index in [9.17, 15) is 27.2 Å². The van der Waals surface area contributed by atoms with Crippen LogP contribution in [-0.4, -0.2) is 15.5 Å². The molecule has 2 aromatic heterocycles. The second kappa shape index (κ2) is 8.62. The van der Waals surface area contributed by atoms with Gasteiger partial charge in [-0.25, -0.2) is 9.37 Å². The number of carbonyl (C=O) groups is 1. The van der Waals surface area contributed by atoms with Crippen LogP contribution >= 0.6 is 0 Å². The summed E-state index contributed by atoms with van der Waals surface area (Å²) in [5.74, 6) is -1.97. The smallest absolute Gasteiger partial charge is 0.338 e. The molecule has 0 bridgehead atoms. The lowest BCUT2D eigenvalue weighted by molar-refractivity contribution is -0.137. The van der Waals surface area contributed by atoms with Gasteiger partial charge < -0.3 is 15.2 Å². The van der Waals surface area contributed by atoms with E-state index in [1.54, 1.807) is 12.1 Å². The van der Waals surface area contributed by atoms with E-state index in [0.29, 0.717) is 34.9 Å². The van der Waals surface area contributed by atoms with E-state index in [4.69, 9.17) is 0 Å². The summed E-state index contributed by atoms with van der Waals surface area (Å²) in [6.45, 7) is 1.86. The lowest BCUT2D eigenvalue weighted by Crippen LogP contribution is -2.18. The first-order chi connectivity index (χ1) is 16.0. The average molecular weight is 470 g/mol. The molecule has 0 unspecified atom stereocenters. The molecule has 6 nitrogen and oxygen atoms in total. The minimum Gasteiger partial charge on any atom is -0.338 e. The maximum absolute atomic E-state index is 13.8. The maximum Gasteiger partial charge on any atom is 0.416 e. The minimum absolute atomic E-state index is 0.0970. The largest absolute Gasteiger partial charge is 0.416 e. The monoisotopic (exact) mass is 470 g/mol. The Kier molecular flexibility index (Phi) is 5.82. The van der Waals surface area contributed by atoms with Crippen LogP contribution in [0.2, 0.25) is 0 Å². The first-order valence-electron chi connectivity index (χ1n) is 10.1. The molecular formula is C24H18F4N4O2. The summed E-state index contributed by atoms with van der Waals surface area (Å²) in [5.41, 5.74) is 0.369. The fourth-order valence-electron chi connectivity index (χ4n) is 3.40. The van der Waals surface area contributed by atoms with Gasteiger partial charge >= 0.3 is 6.18 Å². The van der Waals surface area contributed by atoms with Gasteiger partial charge in [-0.2, -0.15) is 13.2 Å². The number of benzene rings is 2. The van der Waals surface area contributed by atoms with Gasteiger partial charge in [0.05, 0.1) is 22.3 Å². The van der Waals surface area contributed by atoms with Crippen molar-refractivity contribution in [2.24, 2.45) is 7.05 Å². The van der Waals surface area contributed by atoms with Crippen molar-refractivity contribution in [3.63, 3.8) is 0 Å². The quantitative estimate of drug-likeness (QED) is 0.392. The van der Waals surface area contributed by atoms with E-state index in [-0.39, 0.29) is 17.1 Å². The highest BCUT2D eigenvalue weighted by atomic mass is 19.4. The number of hydrogen-bond donors (Lipinski definition) is 2. The molecule has 34 heavy (non-hydrogen) atoms. The van der Waals surface area contributed by atoms with Crippen molar-refractivity contribution < 1.29 is 22.4 Å². The van der Waals surface area contributed by atoms with Crippen LogP contribution in [0.4, 0.5) is 34.8 Å². The van der Waals surface area contributed by atoms with E-state index in [1.807, 2.05) is 19.1 Å². The summed E-state index contributed by atoms with van der Waals surface area (Å²) < 4.78 is 54.4. The number of aromatic nitrogens is 2. The normalized spacial score (nSPS) is 11.5. The van der Waals surface area contributed by atoms with Crippen LogP contribution in [-0.2, 0) is 13.2 Å². The molecule has 0 aliphatic carbocycles.